The van der Waals surface area contributed by atoms with Gasteiger partial charge in [-0.1, -0.05) is 17.7 Å². The predicted octanol–water partition coefficient (Wildman–Crippen LogP) is 2.31. The Balaban J connectivity index is 1.73. The molecule has 5 heteroatoms. The number of carbonyl (C=O) groups excluding carboxylic acids is 1. The van der Waals surface area contributed by atoms with E-state index in [0.29, 0.717) is 5.82 Å². The van der Waals surface area contributed by atoms with Gasteiger partial charge in [-0.2, -0.15) is 0 Å². The second-order valence-corrected chi connectivity index (χ2v) is 5.36. The van der Waals surface area contributed by atoms with E-state index in [1.807, 2.05) is 49.1 Å². The molecular formula is C16H18N4O. The molecule has 1 aliphatic heterocycles. The Morgan fingerprint density at radius 2 is 1.95 bits per heavy atom. The Hall–Kier alpha value is -2.43. The van der Waals surface area contributed by atoms with Crippen molar-refractivity contribution >= 4 is 17.4 Å². The lowest BCUT2D eigenvalue weighted by Crippen LogP contribution is -2.33. The molecule has 1 amide bonds. The van der Waals surface area contributed by atoms with E-state index in [-0.39, 0.29) is 11.9 Å². The Morgan fingerprint density at radius 3 is 2.67 bits per heavy atom. The summed E-state index contributed by atoms with van der Waals surface area (Å²) < 4.78 is 0. The van der Waals surface area contributed by atoms with Crippen LogP contribution in [0, 0.1) is 13.8 Å². The van der Waals surface area contributed by atoms with Crippen molar-refractivity contribution in [1.82, 2.24) is 9.97 Å². The van der Waals surface area contributed by atoms with Crippen LogP contribution in [0.3, 0.4) is 0 Å². The lowest BCUT2D eigenvalue weighted by atomic mass is 10.2. The van der Waals surface area contributed by atoms with Crippen LogP contribution < -0.4 is 10.2 Å². The van der Waals surface area contributed by atoms with Gasteiger partial charge in [0.25, 0.3) is 0 Å². The maximum absolute atomic E-state index is 12.5. The molecule has 0 spiro atoms. The average molecular weight is 282 g/mol. The number of carbonyl (C=O) groups is 1. The summed E-state index contributed by atoms with van der Waals surface area (Å²) in [5.41, 5.74) is 3.03. The van der Waals surface area contributed by atoms with Crippen molar-refractivity contribution in [3.63, 3.8) is 0 Å². The molecule has 2 aromatic rings. The second kappa shape index (κ2) is 5.52. The minimum Gasteiger partial charge on any atom is -0.358 e. The predicted molar refractivity (Wildman–Crippen MR) is 82.3 cm³/mol. The molecule has 0 saturated carbocycles. The summed E-state index contributed by atoms with van der Waals surface area (Å²) in [6, 6.07) is 9.66. The van der Waals surface area contributed by atoms with Gasteiger partial charge in [-0.05, 0) is 32.4 Å². The standard InChI is InChI=1S/C16H18N4O/c1-11-3-5-13(6-4-11)20-8-7-14(16(20)21)19-15-9-12(2)17-10-18-15/h3-6,9-10,14H,7-8H2,1-2H3,(H,17,18,19). The van der Waals surface area contributed by atoms with Crippen LogP contribution in [-0.4, -0.2) is 28.5 Å². The SMILES string of the molecule is Cc1ccc(N2CCC(Nc3cc(C)ncn3)C2=O)cc1. The zero-order valence-corrected chi connectivity index (χ0v) is 12.2. The van der Waals surface area contributed by atoms with E-state index in [1.165, 1.54) is 11.9 Å². The van der Waals surface area contributed by atoms with Crippen molar-refractivity contribution in [2.24, 2.45) is 0 Å². The Labute approximate surface area is 124 Å². The first kappa shape index (κ1) is 13.5. The molecule has 0 bridgehead atoms. The van der Waals surface area contributed by atoms with Gasteiger partial charge in [-0.3, -0.25) is 4.79 Å². The number of anilines is 2. The van der Waals surface area contributed by atoms with Crippen molar-refractivity contribution < 1.29 is 4.79 Å². The topological polar surface area (TPSA) is 58.1 Å². The summed E-state index contributed by atoms with van der Waals surface area (Å²) in [5, 5.41) is 3.20. The number of nitrogens with zero attached hydrogens (tertiary/aromatic N) is 3. The van der Waals surface area contributed by atoms with Gasteiger partial charge in [0.2, 0.25) is 5.91 Å². The van der Waals surface area contributed by atoms with Crippen LogP contribution in [0.4, 0.5) is 11.5 Å². The fourth-order valence-corrected chi connectivity index (χ4v) is 2.51. The van der Waals surface area contributed by atoms with Crippen LogP contribution in [0.25, 0.3) is 0 Å². The summed E-state index contributed by atoms with van der Waals surface area (Å²) in [7, 11) is 0. The molecular weight excluding hydrogens is 264 g/mol. The first-order valence-corrected chi connectivity index (χ1v) is 7.07. The van der Waals surface area contributed by atoms with Gasteiger partial charge in [-0.15, -0.1) is 0 Å². The smallest absolute Gasteiger partial charge is 0.249 e. The van der Waals surface area contributed by atoms with E-state index in [2.05, 4.69) is 15.3 Å². The summed E-state index contributed by atoms with van der Waals surface area (Å²) >= 11 is 0. The molecule has 1 N–H and O–H groups in total. The molecule has 5 nitrogen and oxygen atoms in total. The van der Waals surface area contributed by atoms with Crippen LogP contribution in [0.2, 0.25) is 0 Å². The van der Waals surface area contributed by atoms with E-state index < -0.39 is 0 Å². The van der Waals surface area contributed by atoms with Gasteiger partial charge in [-0.25, -0.2) is 9.97 Å². The summed E-state index contributed by atoms with van der Waals surface area (Å²) in [4.78, 5) is 22.5. The third-order valence-corrected chi connectivity index (χ3v) is 3.68. The maximum atomic E-state index is 12.5. The minimum atomic E-state index is -0.222. The van der Waals surface area contributed by atoms with E-state index in [9.17, 15) is 4.79 Å². The third kappa shape index (κ3) is 2.86. The minimum absolute atomic E-state index is 0.0927. The molecule has 1 atom stereocenters. The van der Waals surface area contributed by atoms with Crippen molar-refractivity contribution in [3.05, 3.63) is 47.9 Å². The fourth-order valence-electron chi connectivity index (χ4n) is 2.51. The first-order valence-electron chi connectivity index (χ1n) is 7.07. The molecule has 2 heterocycles. The van der Waals surface area contributed by atoms with Crippen LogP contribution in [0.1, 0.15) is 17.7 Å². The molecule has 0 radical (unpaired) electrons. The van der Waals surface area contributed by atoms with Crippen LogP contribution >= 0.6 is 0 Å². The first-order chi connectivity index (χ1) is 10.1. The van der Waals surface area contributed by atoms with E-state index in [1.54, 1.807) is 0 Å². The number of benzene rings is 1. The van der Waals surface area contributed by atoms with Gasteiger partial charge in [0, 0.05) is 24.0 Å². The number of aromatic nitrogens is 2. The molecule has 3 rings (SSSR count). The fraction of sp³-hybridized carbons (Fsp3) is 0.312. The Kier molecular flexibility index (Phi) is 3.56. The van der Waals surface area contributed by atoms with Crippen LogP contribution in [0.5, 0.6) is 0 Å². The molecule has 21 heavy (non-hydrogen) atoms. The van der Waals surface area contributed by atoms with Gasteiger partial charge in [0.1, 0.15) is 18.2 Å². The van der Waals surface area contributed by atoms with E-state index in [0.717, 1.165) is 24.3 Å². The molecule has 1 unspecified atom stereocenters. The highest BCUT2D eigenvalue weighted by Crippen LogP contribution is 2.23. The number of nitrogens with one attached hydrogen (secondary N) is 1. The summed E-state index contributed by atoms with van der Waals surface area (Å²) in [6.07, 6.45) is 2.28. The quantitative estimate of drug-likeness (QED) is 0.938. The molecule has 1 aromatic heterocycles. The summed E-state index contributed by atoms with van der Waals surface area (Å²) in [6.45, 7) is 4.67. The summed E-state index contributed by atoms with van der Waals surface area (Å²) in [5.74, 6) is 0.793. The molecule has 1 fully saturated rings. The number of amides is 1. The highest BCUT2D eigenvalue weighted by Gasteiger charge is 2.32. The highest BCUT2D eigenvalue weighted by atomic mass is 16.2. The third-order valence-electron chi connectivity index (χ3n) is 3.68. The van der Waals surface area contributed by atoms with E-state index in [4.69, 9.17) is 0 Å². The number of hydrogen-bond donors (Lipinski definition) is 1. The number of aryl methyl sites for hydroxylation is 2. The van der Waals surface area contributed by atoms with Crippen LogP contribution in [-0.2, 0) is 4.79 Å². The zero-order chi connectivity index (χ0) is 14.8. The largest absolute Gasteiger partial charge is 0.358 e. The Bertz CT molecular complexity index is 654. The second-order valence-electron chi connectivity index (χ2n) is 5.36. The molecule has 1 aliphatic rings. The van der Waals surface area contributed by atoms with Gasteiger partial charge in [0.15, 0.2) is 0 Å². The number of rotatable bonds is 3. The van der Waals surface area contributed by atoms with Crippen LogP contribution in [0.15, 0.2) is 36.7 Å². The lowest BCUT2D eigenvalue weighted by Gasteiger charge is -2.17. The monoisotopic (exact) mass is 282 g/mol. The molecule has 108 valence electrons. The normalized spacial score (nSPS) is 18.1. The average Bonchev–Trinajstić information content (AvgIpc) is 2.81. The molecule has 1 saturated heterocycles. The van der Waals surface area contributed by atoms with Crippen molar-refractivity contribution in [2.45, 2.75) is 26.3 Å². The van der Waals surface area contributed by atoms with Crippen molar-refractivity contribution in [1.29, 1.82) is 0 Å². The van der Waals surface area contributed by atoms with Crippen molar-refractivity contribution in [3.8, 4) is 0 Å². The van der Waals surface area contributed by atoms with Gasteiger partial charge >= 0.3 is 0 Å². The number of hydrogen-bond acceptors (Lipinski definition) is 4. The molecule has 1 aromatic carbocycles. The van der Waals surface area contributed by atoms with Gasteiger partial charge in [0.05, 0.1) is 0 Å². The lowest BCUT2D eigenvalue weighted by molar-refractivity contribution is -0.117. The van der Waals surface area contributed by atoms with Crippen molar-refractivity contribution in [2.75, 3.05) is 16.8 Å². The highest BCUT2D eigenvalue weighted by molar-refractivity contribution is 6.00. The maximum Gasteiger partial charge on any atom is 0.249 e. The zero-order valence-electron chi connectivity index (χ0n) is 12.2. The van der Waals surface area contributed by atoms with Gasteiger partial charge < -0.3 is 10.2 Å². The molecule has 0 aliphatic carbocycles. The van der Waals surface area contributed by atoms with E-state index >= 15 is 0 Å². The Morgan fingerprint density at radius 1 is 1.19 bits per heavy atom.